The number of halogens is 1. The number of carboxylic acid groups (broad SMARTS) is 1. The van der Waals surface area contributed by atoms with Crippen molar-refractivity contribution in [1.29, 1.82) is 0 Å². The summed E-state index contributed by atoms with van der Waals surface area (Å²) in [5.74, 6) is -0.808. The van der Waals surface area contributed by atoms with E-state index in [1.807, 2.05) is 13.8 Å². The van der Waals surface area contributed by atoms with Gasteiger partial charge in [-0.05, 0) is 12.0 Å². The fourth-order valence-corrected chi connectivity index (χ4v) is 2.03. The van der Waals surface area contributed by atoms with Crippen molar-refractivity contribution in [2.24, 2.45) is 5.92 Å². The Balaban J connectivity index is 1.93. The molecule has 1 amide bonds. The van der Waals surface area contributed by atoms with Crippen molar-refractivity contribution in [2.75, 3.05) is 6.61 Å². The van der Waals surface area contributed by atoms with Gasteiger partial charge in [0.25, 0.3) is 5.91 Å². The van der Waals surface area contributed by atoms with E-state index in [2.05, 4.69) is 20.6 Å². The first-order valence-electron chi connectivity index (χ1n) is 7.52. The summed E-state index contributed by atoms with van der Waals surface area (Å²) < 4.78 is 6.62. The lowest BCUT2D eigenvalue weighted by Gasteiger charge is -2.10. The summed E-state index contributed by atoms with van der Waals surface area (Å²) in [5.41, 5.74) is 0.713. The Kier molecular flexibility index (Phi) is 6.29. The summed E-state index contributed by atoms with van der Waals surface area (Å²) in [7, 11) is 0. The fraction of sp³-hybridized carbons (Fsp3) is 0.400. The van der Waals surface area contributed by atoms with Gasteiger partial charge in [-0.15, -0.1) is 5.10 Å². The lowest BCUT2D eigenvalue weighted by molar-refractivity contribution is -0.137. The van der Waals surface area contributed by atoms with E-state index < -0.39 is 11.9 Å². The molecule has 0 bridgehead atoms. The number of ether oxygens (including phenoxy) is 1. The average Bonchev–Trinajstić information content (AvgIpc) is 2.97. The number of aromatic nitrogens is 4. The van der Waals surface area contributed by atoms with E-state index in [0.717, 1.165) is 0 Å². The minimum absolute atomic E-state index is 0.0989. The molecule has 0 saturated carbocycles. The molecule has 25 heavy (non-hydrogen) atoms. The third-order valence-electron chi connectivity index (χ3n) is 2.94. The highest BCUT2D eigenvalue weighted by molar-refractivity contribution is 6.32. The van der Waals surface area contributed by atoms with Crippen LogP contribution in [0, 0.1) is 5.92 Å². The zero-order valence-electron chi connectivity index (χ0n) is 13.8. The SMILES string of the molecule is CC(C)COc1ncc(C(=O)NCc2cn(CC(=O)O)nn2)cc1Cl. The van der Waals surface area contributed by atoms with Crippen molar-refractivity contribution in [1.82, 2.24) is 25.3 Å². The Hall–Kier alpha value is -2.68. The third kappa shape index (κ3) is 5.71. The Morgan fingerprint density at radius 3 is 2.84 bits per heavy atom. The van der Waals surface area contributed by atoms with Gasteiger partial charge in [0.05, 0.1) is 24.9 Å². The first-order valence-corrected chi connectivity index (χ1v) is 7.90. The van der Waals surface area contributed by atoms with Gasteiger partial charge in [-0.1, -0.05) is 30.7 Å². The van der Waals surface area contributed by atoms with Gasteiger partial charge in [0, 0.05) is 6.20 Å². The van der Waals surface area contributed by atoms with Crippen molar-refractivity contribution in [3.05, 3.63) is 34.7 Å². The van der Waals surface area contributed by atoms with Crippen molar-refractivity contribution >= 4 is 23.5 Å². The zero-order chi connectivity index (χ0) is 18.4. The Bertz CT molecular complexity index is 762. The number of hydrogen-bond donors (Lipinski definition) is 2. The van der Waals surface area contributed by atoms with E-state index in [9.17, 15) is 9.59 Å². The molecule has 0 aliphatic carbocycles. The number of hydrogen-bond acceptors (Lipinski definition) is 6. The van der Waals surface area contributed by atoms with Crippen LogP contribution in [-0.4, -0.2) is 43.6 Å². The van der Waals surface area contributed by atoms with Crippen LogP contribution in [0.1, 0.15) is 29.9 Å². The van der Waals surface area contributed by atoms with E-state index in [-0.39, 0.29) is 29.6 Å². The number of nitrogens with one attached hydrogen (secondary N) is 1. The number of carboxylic acids is 1. The lowest BCUT2D eigenvalue weighted by atomic mass is 10.2. The highest BCUT2D eigenvalue weighted by Gasteiger charge is 2.12. The van der Waals surface area contributed by atoms with Crippen LogP contribution in [0.4, 0.5) is 0 Å². The van der Waals surface area contributed by atoms with Crippen LogP contribution in [0.15, 0.2) is 18.5 Å². The van der Waals surface area contributed by atoms with E-state index in [1.165, 1.54) is 23.1 Å². The molecule has 2 heterocycles. The van der Waals surface area contributed by atoms with Gasteiger partial charge in [-0.2, -0.15) is 0 Å². The summed E-state index contributed by atoms with van der Waals surface area (Å²) in [4.78, 5) is 26.8. The first-order chi connectivity index (χ1) is 11.8. The molecule has 10 heteroatoms. The molecule has 0 radical (unpaired) electrons. The van der Waals surface area contributed by atoms with Crippen molar-refractivity contribution in [3.8, 4) is 5.88 Å². The monoisotopic (exact) mass is 367 g/mol. The molecule has 2 rings (SSSR count). The van der Waals surface area contributed by atoms with Crippen LogP contribution in [0.5, 0.6) is 5.88 Å². The summed E-state index contributed by atoms with van der Waals surface area (Å²) in [6.07, 6.45) is 2.82. The van der Waals surface area contributed by atoms with Gasteiger partial charge in [-0.3, -0.25) is 9.59 Å². The topological polar surface area (TPSA) is 119 Å². The molecule has 2 N–H and O–H groups in total. The van der Waals surface area contributed by atoms with Gasteiger partial charge in [0.2, 0.25) is 5.88 Å². The van der Waals surface area contributed by atoms with Gasteiger partial charge in [0.15, 0.2) is 0 Å². The van der Waals surface area contributed by atoms with E-state index >= 15 is 0 Å². The maximum absolute atomic E-state index is 12.1. The van der Waals surface area contributed by atoms with Gasteiger partial charge in [0.1, 0.15) is 17.3 Å². The number of carbonyl (C=O) groups excluding carboxylic acids is 1. The van der Waals surface area contributed by atoms with Crippen molar-refractivity contribution < 1.29 is 19.4 Å². The summed E-state index contributed by atoms with van der Waals surface area (Å²) in [6, 6.07) is 1.47. The number of aliphatic carboxylic acids is 1. The maximum Gasteiger partial charge on any atom is 0.325 e. The summed E-state index contributed by atoms with van der Waals surface area (Å²) in [6.45, 7) is 4.29. The van der Waals surface area contributed by atoms with E-state index in [0.29, 0.717) is 18.2 Å². The highest BCUT2D eigenvalue weighted by Crippen LogP contribution is 2.22. The molecule has 0 aliphatic heterocycles. The van der Waals surface area contributed by atoms with Crippen LogP contribution >= 0.6 is 11.6 Å². The standard InChI is InChI=1S/C15H18ClN5O4/c1-9(2)8-25-15-12(16)3-10(4-18-15)14(24)17-5-11-6-21(20-19-11)7-13(22)23/h3-4,6,9H,5,7-8H2,1-2H3,(H,17,24)(H,22,23). The molecule has 0 aliphatic rings. The minimum Gasteiger partial charge on any atom is -0.480 e. The van der Waals surface area contributed by atoms with Gasteiger partial charge < -0.3 is 15.2 Å². The largest absolute Gasteiger partial charge is 0.480 e. The van der Waals surface area contributed by atoms with Crippen LogP contribution in [0.3, 0.4) is 0 Å². The highest BCUT2D eigenvalue weighted by atomic mass is 35.5. The van der Waals surface area contributed by atoms with Crippen LogP contribution in [0.2, 0.25) is 5.02 Å². The zero-order valence-corrected chi connectivity index (χ0v) is 14.5. The molecule has 0 atom stereocenters. The average molecular weight is 368 g/mol. The summed E-state index contributed by atoms with van der Waals surface area (Å²) >= 11 is 6.08. The predicted octanol–water partition coefficient (Wildman–Crippen LogP) is 1.38. The normalized spacial score (nSPS) is 10.7. The number of nitrogens with zero attached hydrogens (tertiary/aromatic N) is 4. The quantitative estimate of drug-likeness (QED) is 0.723. The number of rotatable bonds is 8. The molecule has 0 aromatic carbocycles. The number of carbonyl (C=O) groups is 2. The third-order valence-corrected chi connectivity index (χ3v) is 3.21. The maximum atomic E-state index is 12.1. The van der Waals surface area contributed by atoms with Crippen LogP contribution in [0.25, 0.3) is 0 Å². The second-order valence-corrected chi connectivity index (χ2v) is 6.11. The van der Waals surface area contributed by atoms with Crippen molar-refractivity contribution in [2.45, 2.75) is 26.9 Å². The van der Waals surface area contributed by atoms with Gasteiger partial charge >= 0.3 is 5.97 Å². The second-order valence-electron chi connectivity index (χ2n) is 5.70. The molecule has 2 aromatic heterocycles. The molecule has 0 fully saturated rings. The molecular formula is C15H18ClN5O4. The van der Waals surface area contributed by atoms with E-state index in [4.69, 9.17) is 21.4 Å². The van der Waals surface area contributed by atoms with Crippen LogP contribution in [-0.2, 0) is 17.9 Å². The Morgan fingerprint density at radius 2 is 2.20 bits per heavy atom. The summed E-state index contributed by atoms with van der Waals surface area (Å²) in [5, 5.41) is 19.0. The number of amides is 1. The van der Waals surface area contributed by atoms with Crippen molar-refractivity contribution in [3.63, 3.8) is 0 Å². The molecule has 2 aromatic rings. The molecule has 0 unspecified atom stereocenters. The molecule has 0 saturated heterocycles. The molecule has 0 spiro atoms. The Morgan fingerprint density at radius 1 is 1.44 bits per heavy atom. The Labute approximate surface area is 149 Å². The van der Waals surface area contributed by atoms with Crippen LogP contribution < -0.4 is 10.1 Å². The van der Waals surface area contributed by atoms with E-state index in [1.54, 1.807) is 0 Å². The lowest BCUT2D eigenvalue weighted by Crippen LogP contribution is -2.23. The first kappa shape index (κ1) is 18.7. The number of pyridine rings is 1. The smallest absolute Gasteiger partial charge is 0.325 e. The van der Waals surface area contributed by atoms with Gasteiger partial charge in [-0.25, -0.2) is 9.67 Å². The second kappa shape index (κ2) is 8.43. The molecular weight excluding hydrogens is 350 g/mol. The molecule has 134 valence electrons. The minimum atomic E-state index is -1.03. The fourth-order valence-electron chi connectivity index (χ4n) is 1.81. The molecule has 9 nitrogen and oxygen atoms in total. The predicted molar refractivity (Wildman–Crippen MR) is 88.4 cm³/mol.